The predicted molar refractivity (Wildman–Crippen MR) is 138 cm³/mol. The third-order valence-electron chi connectivity index (χ3n) is 6.32. The summed E-state index contributed by atoms with van der Waals surface area (Å²) in [5.74, 6) is 0.769. The molecular formula is C24H33BrClN5O3. The molecule has 1 amide bonds. The van der Waals surface area contributed by atoms with Crippen LogP contribution in [0.25, 0.3) is 10.9 Å². The van der Waals surface area contributed by atoms with Crippen molar-refractivity contribution in [3.05, 3.63) is 21.6 Å². The molecule has 2 unspecified atom stereocenters. The van der Waals surface area contributed by atoms with Crippen LogP contribution in [0.4, 0.5) is 10.6 Å². The van der Waals surface area contributed by atoms with Gasteiger partial charge in [0.15, 0.2) is 0 Å². The molecule has 4 rings (SSSR count). The van der Waals surface area contributed by atoms with Crippen LogP contribution in [0.1, 0.15) is 40.5 Å². The molecule has 1 aromatic heterocycles. The van der Waals surface area contributed by atoms with Gasteiger partial charge >= 0.3 is 12.1 Å². The Morgan fingerprint density at radius 1 is 1.24 bits per heavy atom. The molecule has 0 N–H and O–H groups in total. The molecule has 186 valence electrons. The highest BCUT2D eigenvalue weighted by molar-refractivity contribution is 9.10. The Bertz CT molecular complexity index is 1060. The monoisotopic (exact) mass is 553 g/mol. The molecule has 2 atom stereocenters. The van der Waals surface area contributed by atoms with Gasteiger partial charge in [-0.1, -0.05) is 11.6 Å². The van der Waals surface area contributed by atoms with E-state index in [-0.39, 0.29) is 12.1 Å². The Kier molecular flexibility index (Phi) is 7.45. The third kappa shape index (κ3) is 5.69. The largest absolute Gasteiger partial charge is 0.462 e. The number of halogens is 2. The smallest absolute Gasteiger partial charge is 0.410 e. The molecule has 0 aliphatic carbocycles. The van der Waals surface area contributed by atoms with Crippen molar-refractivity contribution in [1.29, 1.82) is 0 Å². The van der Waals surface area contributed by atoms with Gasteiger partial charge in [-0.25, -0.2) is 4.79 Å². The second-order valence-corrected chi connectivity index (χ2v) is 11.4. The summed E-state index contributed by atoms with van der Waals surface area (Å²) in [7, 11) is 2.12. The van der Waals surface area contributed by atoms with Crippen LogP contribution in [0.2, 0.25) is 5.02 Å². The van der Waals surface area contributed by atoms with Crippen molar-refractivity contribution in [2.45, 2.75) is 58.2 Å². The fraction of sp³-hybridized carbons (Fsp3) is 0.625. The number of hydrogen-bond acceptors (Lipinski definition) is 7. The van der Waals surface area contributed by atoms with E-state index >= 15 is 0 Å². The Balaban J connectivity index is 1.60. The topological polar surface area (TPSA) is 71.0 Å². The molecule has 2 saturated heterocycles. The van der Waals surface area contributed by atoms with Crippen molar-refractivity contribution in [1.82, 2.24) is 19.8 Å². The summed E-state index contributed by atoms with van der Waals surface area (Å²) in [5.41, 5.74) is 0.238. The number of rotatable bonds is 4. The van der Waals surface area contributed by atoms with Gasteiger partial charge in [-0.2, -0.15) is 9.97 Å². The number of benzene rings is 1. The molecular weight excluding hydrogens is 522 g/mol. The van der Waals surface area contributed by atoms with E-state index in [1.165, 1.54) is 6.42 Å². The first kappa shape index (κ1) is 25.3. The molecule has 0 spiro atoms. The van der Waals surface area contributed by atoms with Gasteiger partial charge in [0.2, 0.25) is 0 Å². The Hall–Kier alpha value is -1.84. The average Bonchev–Trinajstić information content (AvgIpc) is 3.16. The number of ether oxygens (including phenoxy) is 2. The van der Waals surface area contributed by atoms with E-state index in [0.717, 1.165) is 34.2 Å². The van der Waals surface area contributed by atoms with Crippen molar-refractivity contribution in [2.75, 3.05) is 44.7 Å². The quantitative estimate of drug-likeness (QED) is 0.529. The molecule has 2 aromatic rings. The summed E-state index contributed by atoms with van der Waals surface area (Å²) < 4.78 is 12.4. The van der Waals surface area contributed by atoms with Crippen molar-refractivity contribution >= 4 is 50.3 Å². The number of anilines is 1. The molecule has 34 heavy (non-hydrogen) atoms. The zero-order chi connectivity index (χ0) is 24.6. The van der Waals surface area contributed by atoms with Gasteiger partial charge in [0.05, 0.1) is 10.5 Å². The maximum Gasteiger partial charge on any atom is 0.410 e. The van der Waals surface area contributed by atoms with E-state index in [0.29, 0.717) is 43.3 Å². The van der Waals surface area contributed by atoms with E-state index in [2.05, 4.69) is 44.7 Å². The SMILES string of the molecule is CC1CN(C(=O)OC(C)(C)C)CCN1c1nc(OCC2CCCN2C)nc2cc(Br)c(Cl)cc12. The molecule has 0 saturated carbocycles. The van der Waals surface area contributed by atoms with Crippen molar-refractivity contribution < 1.29 is 14.3 Å². The number of piperazine rings is 1. The average molecular weight is 555 g/mol. The number of amides is 1. The van der Waals surface area contributed by atoms with E-state index in [9.17, 15) is 4.79 Å². The minimum atomic E-state index is -0.524. The number of hydrogen-bond donors (Lipinski definition) is 0. The van der Waals surface area contributed by atoms with Gasteiger partial charge in [-0.15, -0.1) is 0 Å². The van der Waals surface area contributed by atoms with Crippen LogP contribution < -0.4 is 9.64 Å². The van der Waals surface area contributed by atoms with Gasteiger partial charge in [-0.05, 0) is 82.2 Å². The van der Waals surface area contributed by atoms with Crippen molar-refractivity contribution in [3.63, 3.8) is 0 Å². The van der Waals surface area contributed by atoms with Crippen LogP contribution in [0, 0.1) is 0 Å². The standard InChI is InChI=1S/C24H33BrClN5O3/c1-15-13-30(23(32)34-24(2,3)4)9-10-31(15)21-17-11-19(26)18(25)12-20(17)27-22(28-21)33-14-16-7-6-8-29(16)5/h11-12,15-16H,6-10,13-14H2,1-5H3. The molecule has 0 bridgehead atoms. The van der Waals surface area contributed by atoms with Gasteiger partial charge in [0, 0.05) is 41.6 Å². The van der Waals surface area contributed by atoms with Crippen molar-refractivity contribution in [2.24, 2.45) is 0 Å². The minimum absolute atomic E-state index is 0.0237. The van der Waals surface area contributed by atoms with Gasteiger partial charge in [0.25, 0.3) is 0 Å². The van der Waals surface area contributed by atoms with Gasteiger partial charge < -0.3 is 24.2 Å². The fourth-order valence-corrected chi connectivity index (χ4v) is 4.99. The van der Waals surface area contributed by atoms with E-state index in [1.807, 2.05) is 32.9 Å². The molecule has 0 radical (unpaired) electrons. The zero-order valence-electron chi connectivity index (χ0n) is 20.5. The van der Waals surface area contributed by atoms with Crippen LogP contribution in [0.3, 0.4) is 0 Å². The third-order valence-corrected chi connectivity index (χ3v) is 7.52. The lowest BCUT2D eigenvalue weighted by molar-refractivity contribution is 0.0218. The second-order valence-electron chi connectivity index (χ2n) is 10.2. The zero-order valence-corrected chi connectivity index (χ0v) is 22.8. The van der Waals surface area contributed by atoms with Crippen LogP contribution in [0.15, 0.2) is 16.6 Å². The summed E-state index contributed by atoms with van der Waals surface area (Å²) in [6, 6.07) is 4.54. The van der Waals surface area contributed by atoms with Gasteiger partial charge in [0.1, 0.15) is 18.0 Å². The molecule has 1 aromatic carbocycles. The van der Waals surface area contributed by atoms with E-state index in [4.69, 9.17) is 26.1 Å². The second kappa shape index (κ2) is 10.0. The molecule has 3 heterocycles. The molecule has 2 aliphatic heterocycles. The molecule has 2 fully saturated rings. The highest BCUT2D eigenvalue weighted by Crippen LogP contribution is 2.35. The normalized spacial score (nSPS) is 21.9. The highest BCUT2D eigenvalue weighted by atomic mass is 79.9. The number of likely N-dealkylation sites (N-methyl/N-ethyl adjacent to an activating group) is 1. The first-order valence-corrected chi connectivity index (χ1v) is 12.9. The summed E-state index contributed by atoms with van der Waals surface area (Å²) in [4.78, 5) is 28.4. The summed E-state index contributed by atoms with van der Waals surface area (Å²) in [6.45, 7) is 11.1. The predicted octanol–water partition coefficient (Wildman–Crippen LogP) is 4.96. The Labute approximate surface area is 214 Å². The summed E-state index contributed by atoms with van der Waals surface area (Å²) >= 11 is 9.95. The fourth-order valence-electron chi connectivity index (χ4n) is 4.50. The number of aromatic nitrogens is 2. The minimum Gasteiger partial charge on any atom is -0.462 e. The molecule has 10 heteroatoms. The number of likely N-dealkylation sites (tertiary alicyclic amines) is 1. The van der Waals surface area contributed by atoms with Crippen molar-refractivity contribution in [3.8, 4) is 6.01 Å². The van der Waals surface area contributed by atoms with Crippen LogP contribution in [-0.4, -0.2) is 83.4 Å². The number of carbonyl (C=O) groups excluding carboxylic acids is 1. The molecule has 8 nitrogen and oxygen atoms in total. The lowest BCUT2D eigenvalue weighted by atomic mass is 10.1. The highest BCUT2D eigenvalue weighted by Gasteiger charge is 2.32. The number of fused-ring (bicyclic) bond motifs is 1. The Morgan fingerprint density at radius 3 is 2.65 bits per heavy atom. The first-order valence-electron chi connectivity index (χ1n) is 11.8. The first-order chi connectivity index (χ1) is 16.0. The molecule has 2 aliphatic rings. The van der Waals surface area contributed by atoms with Crippen LogP contribution >= 0.6 is 27.5 Å². The lowest BCUT2D eigenvalue weighted by Gasteiger charge is -2.41. The van der Waals surface area contributed by atoms with E-state index in [1.54, 1.807) is 4.90 Å². The van der Waals surface area contributed by atoms with E-state index < -0.39 is 5.60 Å². The lowest BCUT2D eigenvalue weighted by Crippen LogP contribution is -2.54. The van der Waals surface area contributed by atoms with Gasteiger partial charge in [-0.3, -0.25) is 0 Å². The van der Waals surface area contributed by atoms with Crippen LogP contribution in [-0.2, 0) is 4.74 Å². The number of carbonyl (C=O) groups is 1. The van der Waals surface area contributed by atoms with Crippen LogP contribution in [0.5, 0.6) is 6.01 Å². The summed E-state index contributed by atoms with van der Waals surface area (Å²) in [6.07, 6.45) is 2.00. The maximum absolute atomic E-state index is 12.6. The Morgan fingerprint density at radius 2 is 2.00 bits per heavy atom. The maximum atomic E-state index is 12.6. The summed E-state index contributed by atoms with van der Waals surface area (Å²) in [5, 5.41) is 1.45. The number of nitrogens with zero attached hydrogens (tertiary/aromatic N) is 5.